The molecule has 3 heteroatoms. The average molecular weight is 792 g/mol. The largest absolute Gasteiger partial charge is 0.376 e. The number of hydrogen-bond acceptors (Lipinski definition) is 2. The molecule has 7 aromatic rings. The van der Waals surface area contributed by atoms with E-state index in [9.17, 15) is 10.2 Å². The molecule has 0 aliphatic heterocycles. The van der Waals surface area contributed by atoms with Crippen LogP contribution in [0, 0.1) is 0 Å². The summed E-state index contributed by atoms with van der Waals surface area (Å²) in [5, 5.41) is 27.9. The summed E-state index contributed by atoms with van der Waals surface area (Å²) in [6.07, 6.45) is 0. The topological polar surface area (TPSA) is 40.5 Å². The van der Waals surface area contributed by atoms with Gasteiger partial charge in [-0.25, -0.2) is 0 Å². The summed E-state index contributed by atoms with van der Waals surface area (Å²) in [6, 6.07) is 49.4. The van der Waals surface area contributed by atoms with E-state index in [0.29, 0.717) is 22.3 Å². The SMILES string of the molecule is CC1(C)c2ccccc2-c2cc(C3(O)c4ccccc4C(O)(c4ccc5c(c4)C(C)(C)c4ccccc4-5)c4cc5c(cc43)C(C)(C)c3cc(Br)ccc3-5)ccc21. The Hall–Kier alpha value is -5.06. The number of hydrogen-bond donors (Lipinski definition) is 2. The van der Waals surface area contributed by atoms with Crippen LogP contribution in [0.4, 0.5) is 0 Å². The Morgan fingerprint density at radius 1 is 0.321 bits per heavy atom. The first-order valence-corrected chi connectivity index (χ1v) is 20.5. The Balaban J connectivity index is 1.22. The normalized spacial score (nSPS) is 21.9. The first-order valence-electron chi connectivity index (χ1n) is 19.7. The zero-order valence-corrected chi connectivity index (χ0v) is 34.1. The van der Waals surface area contributed by atoms with Gasteiger partial charge in [0.25, 0.3) is 0 Å². The Labute approximate surface area is 337 Å². The van der Waals surface area contributed by atoms with Crippen LogP contribution in [0.3, 0.4) is 0 Å². The molecule has 274 valence electrons. The van der Waals surface area contributed by atoms with Crippen molar-refractivity contribution in [2.75, 3.05) is 0 Å². The van der Waals surface area contributed by atoms with Gasteiger partial charge in [0.15, 0.2) is 0 Å². The quantitative estimate of drug-likeness (QED) is 0.183. The van der Waals surface area contributed by atoms with Gasteiger partial charge in [0.2, 0.25) is 0 Å². The van der Waals surface area contributed by atoms with Gasteiger partial charge >= 0.3 is 0 Å². The van der Waals surface area contributed by atoms with Crippen molar-refractivity contribution in [3.05, 3.63) is 211 Å². The van der Waals surface area contributed by atoms with E-state index in [0.717, 1.165) is 37.9 Å². The number of aliphatic hydroxyl groups is 2. The maximum Gasteiger partial charge on any atom is 0.141 e. The van der Waals surface area contributed by atoms with Crippen molar-refractivity contribution in [2.24, 2.45) is 0 Å². The van der Waals surface area contributed by atoms with Crippen LogP contribution in [0.15, 0.2) is 144 Å². The van der Waals surface area contributed by atoms with Gasteiger partial charge in [-0.3, -0.25) is 0 Å². The molecule has 0 radical (unpaired) electrons. The van der Waals surface area contributed by atoms with Gasteiger partial charge in [0.05, 0.1) is 0 Å². The molecule has 2 nitrogen and oxygen atoms in total. The van der Waals surface area contributed by atoms with E-state index in [2.05, 4.69) is 173 Å². The van der Waals surface area contributed by atoms with Gasteiger partial charge in [-0.15, -0.1) is 0 Å². The molecule has 0 bridgehead atoms. The van der Waals surface area contributed by atoms with E-state index < -0.39 is 11.2 Å². The molecule has 56 heavy (non-hydrogen) atoms. The number of benzene rings is 7. The molecule has 0 aromatic heterocycles. The van der Waals surface area contributed by atoms with Crippen LogP contribution in [0.2, 0.25) is 0 Å². The maximum absolute atomic E-state index is 13.9. The van der Waals surface area contributed by atoms with Gasteiger partial charge in [-0.2, -0.15) is 0 Å². The second-order valence-corrected chi connectivity index (χ2v) is 19.0. The molecular formula is C53H43BrO2. The summed E-state index contributed by atoms with van der Waals surface area (Å²) >= 11 is 3.75. The van der Waals surface area contributed by atoms with Gasteiger partial charge in [-0.1, -0.05) is 173 Å². The van der Waals surface area contributed by atoms with E-state index in [1.165, 1.54) is 44.5 Å². The van der Waals surface area contributed by atoms with Crippen LogP contribution < -0.4 is 0 Å². The number of rotatable bonds is 2. The molecule has 2 N–H and O–H groups in total. The third-order valence-electron chi connectivity index (χ3n) is 14.3. The van der Waals surface area contributed by atoms with Crippen LogP contribution in [0.1, 0.15) is 108 Å². The standard InChI is InChI=1S/C53H43BrO2/c1-49(2)40-16-10-8-14-34(40)37-25-30(20-24-41(37)49)52(55)42-17-11-12-18-43(42)53(56,31-19-22-35-33-13-7-9-15-39(33)50(3,4)44(35)26-31)47-28-38-36-23-21-32(54)27-45(36)51(5,6)46(38)29-48(47)52/h7-29,55-56H,1-6H3. The Bertz CT molecular complexity index is 2890. The maximum atomic E-state index is 13.9. The predicted octanol–water partition coefficient (Wildman–Crippen LogP) is 12.2. The summed E-state index contributed by atoms with van der Waals surface area (Å²) in [7, 11) is 0. The first kappa shape index (κ1) is 34.2. The Kier molecular flexibility index (Phi) is 6.64. The number of halogens is 1. The third kappa shape index (κ3) is 4.04. The van der Waals surface area contributed by atoms with Crippen molar-refractivity contribution in [1.82, 2.24) is 0 Å². The fraction of sp³-hybridized carbons (Fsp3) is 0.208. The van der Waals surface area contributed by atoms with Crippen LogP contribution in [-0.4, -0.2) is 10.2 Å². The van der Waals surface area contributed by atoms with Crippen molar-refractivity contribution in [2.45, 2.75) is 69.0 Å². The summed E-state index contributed by atoms with van der Waals surface area (Å²) in [6.45, 7) is 13.7. The molecule has 0 spiro atoms. The molecule has 0 amide bonds. The highest BCUT2D eigenvalue weighted by molar-refractivity contribution is 9.10. The van der Waals surface area contributed by atoms with Crippen LogP contribution in [0.5, 0.6) is 0 Å². The molecule has 2 unspecified atom stereocenters. The van der Waals surface area contributed by atoms with E-state index in [1.807, 2.05) is 24.3 Å². The molecule has 2 atom stereocenters. The molecule has 7 aromatic carbocycles. The number of fused-ring (bicyclic) bond motifs is 11. The first-order chi connectivity index (χ1) is 26.7. The van der Waals surface area contributed by atoms with Gasteiger partial charge < -0.3 is 10.2 Å². The van der Waals surface area contributed by atoms with E-state index in [-0.39, 0.29) is 16.2 Å². The highest BCUT2D eigenvalue weighted by atomic mass is 79.9. The van der Waals surface area contributed by atoms with E-state index in [1.54, 1.807) is 0 Å². The molecule has 0 saturated heterocycles. The molecule has 0 fully saturated rings. The Morgan fingerprint density at radius 2 is 0.714 bits per heavy atom. The fourth-order valence-electron chi connectivity index (χ4n) is 11.3. The Morgan fingerprint density at radius 3 is 1.38 bits per heavy atom. The zero-order chi connectivity index (χ0) is 38.7. The van der Waals surface area contributed by atoms with Crippen LogP contribution >= 0.6 is 15.9 Å². The van der Waals surface area contributed by atoms with Crippen LogP contribution in [0.25, 0.3) is 33.4 Å². The lowest BCUT2D eigenvalue weighted by atomic mass is 9.62. The molecule has 0 heterocycles. The molecule has 4 aliphatic carbocycles. The highest BCUT2D eigenvalue weighted by Crippen LogP contribution is 2.60. The molecule has 0 saturated carbocycles. The van der Waals surface area contributed by atoms with Crippen molar-refractivity contribution in [1.29, 1.82) is 0 Å². The predicted molar refractivity (Wildman–Crippen MR) is 230 cm³/mol. The van der Waals surface area contributed by atoms with Gasteiger partial charge in [-0.05, 0) is 119 Å². The van der Waals surface area contributed by atoms with Crippen molar-refractivity contribution in [3.63, 3.8) is 0 Å². The lowest BCUT2D eigenvalue weighted by molar-refractivity contribution is 0.0747. The van der Waals surface area contributed by atoms with E-state index >= 15 is 0 Å². The van der Waals surface area contributed by atoms with Gasteiger partial charge in [0.1, 0.15) is 11.2 Å². The van der Waals surface area contributed by atoms with Crippen molar-refractivity contribution >= 4 is 15.9 Å². The minimum absolute atomic E-state index is 0.165. The smallest absolute Gasteiger partial charge is 0.141 e. The second kappa shape index (κ2) is 10.9. The molecule has 11 rings (SSSR count). The third-order valence-corrected chi connectivity index (χ3v) is 14.8. The van der Waals surface area contributed by atoms with Gasteiger partial charge in [0, 0.05) is 26.3 Å². The highest BCUT2D eigenvalue weighted by Gasteiger charge is 2.53. The average Bonchev–Trinajstić information content (AvgIpc) is 3.68. The lowest BCUT2D eigenvalue weighted by Gasteiger charge is -2.46. The summed E-state index contributed by atoms with van der Waals surface area (Å²) in [5.41, 5.74) is 15.0. The zero-order valence-electron chi connectivity index (χ0n) is 32.6. The van der Waals surface area contributed by atoms with Crippen molar-refractivity contribution < 1.29 is 10.2 Å². The summed E-state index contributed by atoms with van der Waals surface area (Å²) in [4.78, 5) is 0. The lowest BCUT2D eigenvalue weighted by Crippen LogP contribution is -2.44. The minimum atomic E-state index is -1.57. The summed E-state index contributed by atoms with van der Waals surface area (Å²) < 4.78 is 1.03. The van der Waals surface area contributed by atoms with Crippen molar-refractivity contribution in [3.8, 4) is 33.4 Å². The summed E-state index contributed by atoms with van der Waals surface area (Å²) in [5.74, 6) is 0. The minimum Gasteiger partial charge on any atom is -0.376 e. The molecule has 4 aliphatic rings. The molecular weight excluding hydrogens is 748 g/mol. The van der Waals surface area contributed by atoms with E-state index in [4.69, 9.17) is 0 Å². The second-order valence-electron chi connectivity index (χ2n) is 18.1. The monoisotopic (exact) mass is 790 g/mol. The van der Waals surface area contributed by atoms with Crippen LogP contribution in [-0.2, 0) is 27.4 Å². The fourth-order valence-corrected chi connectivity index (χ4v) is 11.6.